The van der Waals surface area contributed by atoms with Crippen molar-refractivity contribution in [2.45, 2.75) is 6.61 Å². The minimum Gasteiger partial charge on any atom is -0.477 e. The average molecular weight is 251 g/mol. The highest BCUT2D eigenvalue weighted by Gasteiger charge is 2.28. The number of halogens is 3. The van der Waals surface area contributed by atoms with E-state index in [0.29, 0.717) is 12.1 Å². The SMILES string of the molecule is O=C(O)c1c(OC(F)F)cc(F)cc1[N+](=O)[O-]. The number of nitrogens with zero attached hydrogens (tertiary/aromatic N) is 1. The molecule has 0 fully saturated rings. The lowest BCUT2D eigenvalue weighted by molar-refractivity contribution is -0.385. The lowest BCUT2D eigenvalue weighted by Gasteiger charge is -2.08. The zero-order valence-electron chi connectivity index (χ0n) is 7.89. The van der Waals surface area contributed by atoms with Crippen molar-refractivity contribution in [3.8, 4) is 5.75 Å². The molecule has 0 atom stereocenters. The molecule has 0 saturated heterocycles. The first-order valence-corrected chi connectivity index (χ1v) is 3.99. The fourth-order valence-electron chi connectivity index (χ4n) is 1.12. The summed E-state index contributed by atoms with van der Waals surface area (Å²) < 4.78 is 40.4. The van der Waals surface area contributed by atoms with Crippen LogP contribution in [0.5, 0.6) is 5.75 Å². The summed E-state index contributed by atoms with van der Waals surface area (Å²) in [7, 11) is 0. The molecule has 17 heavy (non-hydrogen) atoms. The maximum absolute atomic E-state index is 12.9. The van der Waals surface area contributed by atoms with Gasteiger partial charge in [0.1, 0.15) is 5.82 Å². The second-order valence-electron chi connectivity index (χ2n) is 2.74. The lowest BCUT2D eigenvalue weighted by atomic mass is 10.1. The molecule has 0 aliphatic carbocycles. The normalized spacial score (nSPS) is 10.4. The number of rotatable bonds is 4. The highest BCUT2D eigenvalue weighted by atomic mass is 19.3. The molecule has 0 radical (unpaired) electrons. The Bertz CT molecular complexity index is 476. The molecule has 6 nitrogen and oxygen atoms in total. The van der Waals surface area contributed by atoms with Gasteiger partial charge >= 0.3 is 12.6 Å². The van der Waals surface area contributed by atoms with Crippen molar-refractivity contribution in [2.24, 2.45) is 0 Å². The monoisotopic (exact) mass is 251 g/mol. The van der Waals surface area contributed by atoms with Crippen LogP contribution >= 0.6 is 0 Å². The molecule has 0 unspecified atom stereocenters. The van der Waals surface area contributed by atoms with Gasteiger partial charge in [-0.05, 0) is 0 Å². The molecule has 0 aliphatic rings. The first kappa shape index (κ1) is 12.7. The van der Waals surface area contributed by atoms with Gasteiger partial charge in [-0.1, -0.05) is 0 Å². The van der Waals surface area contributed by atoms with Crippen LogP contribution in [0.3, 0.4) is 0 Å². The summed E-state index contributed by atoms with van der Waals surface area (Å²) in [6.07, 6.45) is 0. The molecule has 0 aromatic heterocycles. The van der Waals surface area contributed by atoms with Crippen LogP contribution in [0.25, 0.3) is 0 Å². The number of carboxylic acid groups (broad SMARTS) is 1. The molecule has 1 rings (SSSR count). The standard InChI is InChI=1S/C8H4F3NO5/c9-3-1-4(12(15)16)6(7(13)14)5(2-3)17-8(10)11/h1-2,8H,(H,13,14). The summed E-state index contributed by atoms with van der Waals surface area (Å²) in [5.41, 5.74) is -2.29. The van der Waals surface area contributed by atoms with Crippen molar-refractivity contribution in [3.05, 3.63) is 33.6 Å². The van der Waals surface area contributed by atoms with E-state index >= 15 is 0 Å². The summed E-state index contributed by atoms with van der Waals surface area (Å²) in [5, 5.41) is 19.1. The smallest absolute Gasteiger partial charge is 0.387 e. The number of hydrogen-bond acceptors (Lipinski definition) is 4. The van der Waals surface area contributed by atoms with Gasteiger partial charge in [-0.3, -0.25) is 10.1 Å². The maximum Gasteiger partial charge on any atom is 0.387 e. The zero-order chi connectivity index (χ0) is 13.2. The van der Waals surface area contributed by atoms with E-state index < -0.39 is 40.3 Å². The number of benzene rings is 1. The number of ether oxygens (including phenoxy) is 1. The van der Waals surface area contributed by atoms with Crippen LogP contribution in [0.1, 0.15) is 10.4 Å². The predicted molar refractivity (Wildman–Crippen MR) is 46.6 cm³/mol. The second kappa shape index (κ2) is 4.68. The molecule has 1 aromatic rings. The van der Waals surface area contributed by atoms with Crippen LogP contribution in [-0.2, 0) is 0 Å². The Morgan fingerprint density at radius 2 is 2.06 bits per heavy atom. The van der Waals surface area contributed by atoms with Gasteiger partial charge in [-0.25, -0.2) is 9.18 Å². The first-order chi connectivity index (χ1) is 7.82. The molecule has 9 heteroatoms. The minimum atomic E-state index is -3.42. The van der Waals surface area contributed by atoms with E-state index in [9.17, 15) is 28.1 Å². The summed E-state index contributed by atoms with van der Waals surface area (Å²) >= 11 is 0. The highest BCUT2D eigenvalue weighted by molar-refractivity contribution is 5.95. The number of aromatic carboxylic acids is 1. The van der Waals surface area contributed by atoms with Gasteiger partial charge in [0.15, 0.2) is 11.3 Å². The molecule has 0 saturated carbocycles. The molecule has 0 spiro atoms. The summed E-state index contributed by atoms with van der Waals surface area (Å²) in [5.74, 6) is -4.22. The van der Waals surface area contributed by atoms with E-state index in [1.54, 1.807) is 0 Å². The molecule has 92 valence electrons. The van der Waals surface area contributed by atoms with Crippen molar-refractivity contribution >= 4 is 11.7 Å². The fourth-order valence-corrected chi connectivity index (χ4v) is 1.12. The Hall–Kier alpha value is -2.32. The van der Waals surface area contributed by atoms with Crippen LogP contribution in [-0.4, -0.2) is 22.6 Å². The Kier molecular flexibility index (Phi) is 3.51. The van der Waals surface area contributed by atoms with E-state index in [1.165, 1.54) is 0 Å². The molecule has 1 aromatic carbocycles. The topological polar surface area (TPSA) is 89.7 Å². The van der Waals surface area contributed by atoms with Gasteiger partial charge < -0.3 is 9.84 Å². The number of hydrogen-bond donors (Lipinski definition) is 1. The molecule has 0 aliphatic heterocycles. The third kappa shape index (κ3) is 2.83. The average Bonchev–Trinajstić information content (AvgIpc) is 2.14. The van der Waals surface area contributed by atoms with Crippen LogP contribution < -0.4 is 4.74 Å². The lowest BCUT2D eigenvalue weighted by Crippen LogP contribution is -2.10. The zero-order valence-corrected chi connectivity index (χ0v) is 7.89. The fraction of sp³-hybridized carbons (Fsp3) is 0.125. The molecular formula is C8H4F3NO5. The molecule has 0 amide bonds. The second-order valence-corrected chi connectivity index (χ2v) is 2.74. The van der Waals surface area contributed by atoms with E-state index in [4.69, 9.17) is 5.11 Å². The quantitative estimate of drug-likeness (QED) is 0.653. The van der Waals surface area contributed by atoms with Crippen LogP contribution in [0.15, 0.2) is 12.1 Å². The predicted octanol–water partition coefficient (Wildman–Crippen LogP) is 2.03. The number of nitro benzene ring substituents is 1. The number of nitro groups is 1. The molecule has 0 heterocycles. The van der Waals surface area contributed by atoms with Crippen molar-refractivity contribution in [1.29, 1.82) is 0 Å². The largest absolute Gasteiger partial charge is 0.477 e. The summed E-state index contributed by atoms with van der Waals surface area (Å²) in [4.78, 5) is 19.9. The highest BCUT2D eigenvalue weighted by Crippen LogP contribution is 2.31. The third-order valence-electron chi connectivity index (χ3n) is 1.67. The van der Waals surface area contributed by atoms with E-state index in [2.05, 4.69) is 4.74 Å². The van der Waals surface area contributed by atoms with Crippen molar-refractivity contribution < 1.29 is 32.7 Å². The van der Waals surface area contributed by atoms with E-state index in [0.717, 1.165) is 0 Å². The van der Waals surface area contributed by atoms with Gasteiger partial charge in [0.2, 0.25) is 0 Å². The van der Waals surface area contributed by atoms with Gasteiger partial charge in [-0.15, -0.1) is 0 Å². The van der Waals surface area contributed by atoms with Crippen LogP contribution in [0, 0.1) is 15.9 Å². The van der Waals surface area contributed by atoms with Gasteiger partial charge in [0, 0.05) is 6.07 Å². The maximum atomic E-state index is 12.9. The van der Waals surface area contributed by atoms with E-state index in [-0.39, 0.29) is 0 Å². The molecule has 1 N–H and O–H groups in total. The summed E-state index contributed by atoms with van der Waals surface area (Å²) in [6.45, 7) is -3.42. The Morgan fingerprint density at radius 1 is 1.47 bits per heavy atom. The van der Waals surface area contributed by atoms with Gasteiger partial charge in [0.05, 0.1) is 11.0 Å². The van der Waals surface area contributed by atoms with Crippen LogP contribution in [0.2, 0.25) is 0 Å². The summed E-state index contributed by atoms with van der Waals surface area (Å²) in [6, 6.07) is 0.643. The number of alkyl halides is 2. The molecule has 0 bridgehead atoms. The van der Waals surface area contributed by atoms with Gasteiger partial charge in [-0.2, -0.15) is 8.78 Å². The first-order valence-electron chi connectivity index (χ1n) is 3.99. The number of carbonyl (C=O) groups is 1. The van der Waals surface area contributed by atoms with E-state index in [1.807, 2.05) is 0 Å². The Balaban J connectivity index is 3.46. The van der Waals surface area contributed by atoms with Crippen molar-refractivity contribution in [3.63, 3.8) is 0 Å². The molecular weight excluding hydrogens is 247 g/mol. The number of carboxylic acids is 1. The third-order valence-corrected chi connectivity index (χ3v) is 1.67. The van der Waals surface area contributed by atoms with Gasteiger partial charge in [0.25, 0.3) is 5.69 Å². The van der Waals surface area contributed by atoms with Crippen molar-refractivity contribution in [2.75, 3.05) is 0 Å². The Morgan fingerprint density at radius 3 is 2.47 bits per heavy atom. The van der Waals surface area contributed by atoms with Crippen LogP contribution in [0.4, 0.5) is 18.9 Å². The minimum absolute atomic E-state index is 0.307. The van der Waals surface area contributed by atoms with Crippen molar-refractivity contribution in [1.82, 2.24) is 0 Å². The Labute approximate surface area is 91.4 Å².